The Morgan fingerprint density at radius 2 is 1.80 bits per heavy atom. The van der Waals surface area contributed by atoms with Gasteiger partial charge in [0.05, 0.1) is 17.6 Å². The molecule has 1 amide bonds. The van der Waals surface area contributed by atoms with Gasteiger partial charge in [0.2, 0.25) is 5.91 Å². The summed E-state index contributed by atoms with van der Waals surface area (Å²) in [6.45, 7) is 4.91. The first-order valence-electron chi connectivity index (χ1n) is 12.7. The number of amides is 1. The third kappa shape index (κ3) is 5.56. The van der Waals surface area contributed by atoms with E-state index in [0.29, 0.717) is 19.1 Å². The standard InChI is InChI=1S/C30H33N3O2/c1-21-12-15-25(19-22(21)2)33-28-20-26(35-18-8-4-7-11-29(34)31-24-13-14-24)16-17-27(28)32-30(33)23-9-5-3-6-10-23/h3,5-6,9-10,12,15-17,19-20,24H,4,7-8,11,13-14,18H2,1-2H3,(H,31,34). The van der Waals surface area contributed by atoms with Crippen LogP contribution in [-0.4, -0.2) is 28.1 Å². The first-order valence-corrected chi connectivity index (χ1v) is 12.7. The Morgan fingerprint density at radius 3 is 2.57 bits per heavy atom. The lowest BCUT2D eigenvalue weighted by Gasteiger charge is -2.12. The Kier molecular flexibility index (Phi) is 6.84. The molecule has 0 aliphatic heterocycles. The molecule has 1 saturated carbocycles. The molecule has 0 saturated heterocycles. The summed E-state index contributed by atoms with van der Waals surface area (Å²) in [4.78, 5) is 16.8. The number of fused-ring (bicyclic) bond motifs is 1. The largest absolute Gasteiger partial charge is 0.494 e. The molecule has 0 radical (unpaired) electrons. The first-order chi connectivity index (χ1) is 17.1. The number of rotatable bonds is 10. The summed E-state index contributed by atoms with van der Waals surface area (Å²) >= 11 is 0. The van der Waals surface area contributed by atoms with Gasteiger partial charge in [0.15, 0.2) is 0 Å². The number of aromatic nitrogens is 2. The predicted octanol–water partition coefficient (Wildman–Crippen LogP) is 6.53. The number of imidazole rings is 1. The fraction of sp³-hybridized carbons (Fsp3) is 0.333. The lowest BCUT2D eigenvalue weighted by atomic mass is 10.1. The van der Waals surface area contributed by atoms with Gasteiger partial charge < -0.3 is 10.1 Å². The number of benzene rings is 3. The minimum Gasteiger partial charge on any atom is -0.494 e. The van der Waals surface area contributed by atoms with Crippen LogP contribution in [0.2, 0.25) is 0 Å². The maximum atomic E-state index is 11.8. The number of unbranched alkanes of at least 4 members (excludes halogenated alkanes) is 2. The second-order valence-corrected chi connectivity index (χ2v) is 9.56. The van der Waals surface area contributed by atoms with Gasteiger partial charge in [0.25, 0.3) is 0 Å². The van der Waals surface area contributed by atoms with E-state index >= 15 is 0 Å². The Labute approximate surface area is 207 Å². The summed E-state index contributed by atoms with van der Waals surface area (Å²) in [6, 6.07) is 23.4. The highest BCUT2D eigenvalue weighted by Gasteiger charge is 2.22. The second-order valence-electron chi connectivity index (χ2n) is 9.56. The molecule has 5 heteroatoms. The molecule has 180 valence electrons. The van der Waals surface area contributed by atoms with Crippen LogP contribution in [0.3, 0.4) is 0 Å². The molecule has 1 N–H and O–H groups in total. The zero-order chi connectivity index (χ0) is 24.2. The highest BCUT2D eigenvalue weighted by Crippen LogP contribution is 2.31. The molecule has 0 bridgehead atoms. The van der Waals surface area contributed by atoms with Crippen molar-refractivity contribution < 1.29 is 9.53 Å². The zero-order valence-electron chi connectivity index (χ0n) is 20.6. The van der Waals surface area contributed by atoms with Gasteiger partial charge >= 0.3 is 0 Å². The highest BCUT2D eigenvalue weighted by atomic mass is 16.5. The molecule has 1 heterocycles. The molecule has 0 atom stereocenters. The highest BCUT2D eigenvalue weighted by molar-refractivity contribution is 5.84. The fourth-order valence-electron chi connectivity index (χ4n) is 4.33. The quantitative estimate of drug-likeness (QED) is 0.270. The van der Waals surface area contributed by atoms with Crippen LogP contribution in [-0.2, 0) is 4.79 Å². The molecular weight excluding hydrogens is 434 g/mol. The third-order valence-electron chi connectivity index (χ3n) is 6.67. The fourth-order valence-corrected chi connectivity index (χ4v) is 4.33. The van der Waals surface area contributed by atoms with Crippen molar-refractivity contribution in [3.05, 3.63) is 77.9 Å². The molecule has 4 aromatic rings. The molecule has 0 unspecified atom stereocenters. The van der Waals surface area contributed by atoms with Crippen LogP contribution in [0.15, 0.2) is 66.7 Å². The van der Waals surface area contributed by atoms with E-state index in [4.69, 9.17) is 9.72 Å². The molecular formula is C30H33N3O2. The summed E-state index contributed by atoms with van der Waals surface area (Å²) in [5.41, 5.74) is 6.67. The summed E-state index contributed by atoms with van der Waals surface area (Å²) in [6.07, 6.45) is 5.71. The van der Waals surface area contributed by atoms with Crippen molar-refractivity contribution in [1.82, 2.24) is 14.9 Å². The summed E-state index contributed by atoms with van der Waals surface area (Å²) in [5.74, 6) is 1.95. The molecule has 1 aliphatic rings. The Bertz CT molecular complexity index is 1320. The van der Waals surface area contributed by atoms with E-state index in [1.807, 2.05) is 30.3 Å². The number of hydrogen-bond donors (Lipinski definition) is 1. The minimum atomic E-state index is 0.188. The first kappa shape index (κ1) is 23.2. The monoisotopic (exact) mass is 467 g/mol. The van der Waals surface area contributed by atoms with Crippen molar-refractivity contribution in [3.63, 3.8) is 0 Å². The Balaban J connectivity index is 1.32. The zero-order valence-corrected chi connectivity index (χ0v) is 20.6. The maximum absolute atomic E-state index is 11.8. The van der Waals surface area contributed by atoms with Crippen LogP contribution in [0.25, 0.3) is 28.1 Å². The van der Waals surface area contributed by atoms with Crippen LogP contribution in [0.1, 0.15) is 49.7 Å². The van der Waals surface area contributed by atoms with Gasteiger partial charge in [-0.15, -0.1) is 0 Å². The number of carbonyl (C=O) groups excluding carboxylic acids is 1. The SMILES string of the molecule is Cc1ccc(-n2c(-c3ccccc3)nc3ccc(OCCCCCC(=O)NC4CC4)cc32)cc1C. The number of hydrogen-bond acceptors (Lipinski definition) is 3. The van der Waals surface area contributed by atoms with Gasteiger partial charge in [-0.2, -0.15) is 0 Å². The van der Waals surface area contributed by atoms with Crippen LogP contribution in [0, 0.1) is 13.8 Å². The van der Waals surface area contributed by atoms with Crippen molar-refractivity contribution in [2.45, 2.75) is 58.4 Å². The van der Waals surface area contributed by atoms with Gasteiger partial charge in [0.1, 0.15) is 11.6 Å². The van der Waals surface area contributed by atoms with E-state index in [1.54, 1.807) is 0 Å². The molecule has 1 fully saturated rings. The third-order valence-corrected chi connectivity index (χ3v) is 6.67. The van der Waals surface area contributed by atoms with E-state index in [2.05, 4.69) is 60.1 Å². The minimum absolute atomic E-state index is 0.188. The van der Waals surface area contributed by atoms with E-state index in [0.717, 1.165) is 66.0 Å². The summed E-state index contributed by atoms with van der Waals surface area (Å²) < 4.78 is 8.33. The van der Waals surface area contributed by atoms with Gasteiger partial charge in [-0.1, -0.05) is 36.4 Å². The van der Waals surface area contributed by atoms with Crippen molar-refractivity contribution in [1.29, 1.82) is 0 Å². The van der Waals surface area contributed by atoms with Crippen LogP contribution in [0.5, 0.6) is 5.75 Å². The van der Waals surface area contributed by atoms with Crippen molar-refractivity contribution in [3.8, 4) is 22.8 Å². The van der Waals surface area contributed by atoms with Gasteiger partial charge in [0, 0.05) is 29.8 Å². The van der Waals surface area contributed by atoms with Gasteiger partial charge in [-0.25, -0.2) is 4.98 Å². The average Bonchev–Trinajstić information content (AvgIpc) is 3.60. The Hall–Kier alpha value is -3.60. The molecule has 1 aliphatic carbocycles. The molecule has 0 spiro atoms. The lowest BCUT2D eigenvalue weighted by Crippen LogP contribution is -2.24. The normalized spacial score (nSPS) is 13.2. The van der Waals surface area contributed by atoms with Gasteiger partial charge in [-0.05, 0) is 81.3 Å². The number of ether oxygens (including phenoxy) is 1. The summed E-state index contributed by atoms with van der Waals surface area (Å²) in [5, 5.41) is 3.05. The number of nitrogens with one attached hydrogen (secondary N) is 1. The molecule has 5 rings (SSSR count). The molecule has 3 aromatic carbocycles. The van der Waals surface area contributed by atoms with Crippen LogP contribution >= 0.6 is 0 Å². The van der Waals surface area contributed by atoms with E-state index in [9.17, 15) is 4.79 Å². The van der Waals surface area contributed by atoms with E-state index < -0.39 is 0 Å². The smallest absolute Gasteiger partial charge is 0.220 e. The summed E-state index contributed by atoms with van der Waals surface area (Å²) in [7, 11) is 0. The van der Waals surface area contributed by atoms with Crippen molar-refractivity contribution in [2.75, 3.05) is 6.61 Å². The number of carbonyl (C=O) groups is 1. The number of nitrogens with zero attached hydrogens (tertiary/aromatic N) is 2. The topological polar surface area (TPSA) is 56.2 Å². The van der Waals surface area contributed by atoms with E-state index in [-0.39, 0.29) is 5.91 Å². The lowest BCUT2D eigenvalue weighted by molar-refractivity contribution is -0.121. The number of aryl methyl sites for hydroxylation is 2. The van der Waals surface area contributed by atoms with Crippen molar-refractivity contribution >= 4 is 16.9 Å². The average molecular weight is 468 g/mol. The molecule has 5 nitrogen and oxygen atoms in total. The molecule has 1 aromatic heterocycles. The van der Waals surface area contributed by atoms with Crippen LogP contribution in [0.4, 0.5) is 0 Å². The second kappa shape index (κ2) is 10.3. The van der Waals surface area contributed by atoms with E-state index in [1.165, 1.54) is 11.1 Å². The van der Waals surface area contributed by atoms with Crippen LogP contribution < -0.4 is 10.1 Å². The predicted molar refractivity (Wildman–Crippen MR) is 141 cm³/mol. The maximum Gasteiger partial charge on any atom is 0.220 e. The van der Waals surface area contributed by atoms with Gasteiger partial charge in [-0.3, -0.25) is 9.36 Å². The molecule has 35 heavy (non-hydrogen) atoms. The van der Waals surface area contributed by atoms with Crippen molar-refractivity contribution in [2.24, 2.45) is 0 Å². The Morgan fingerprint density at radius 1 is 0.971 bits per heavy atom.